The van der Waals surface area contributed by atoms with E-state index >= 15 is 0 Å². The molecule has 0 aliphatic rings. The van der Waals surface area contributed by atoms with Crippen LogP contribution >= 0.6 is 0 Å². The number of aromatic nitrogens is 4. The third-order valence-corrected chi connectivity index (χ3v) is 15.3. The Morgan fingerprint density at radius 2 is 0.970 bits per heavy atom. The van der Waals surface area contributed by atoms with Gasteiger partial charge < -0.3 is 8.97 Å². The predicted octanol–water partition coefficient (Wildman–Crippen LogP) is 17.0. The molecule has 0 radical (unpaired) electrons. The van der Waals surface area contributed by atoms with Crippen molar-refractivity contribution in [3.63, 3.8) is 0 Å². The van der Waals surface area contributed by atoms with E-state index in [1.165, 1.54) is 136 Å². The second-order valence-corrected chi connectivity index (χ2v) is 21.2. The summed E-state index contributed by atoms with van der Waals surface area (Å²) in [6.45, 7) is 14.1. The van der Waals surface area contributed by atoms with Gasteiger partial charge in [0.1, 0.15) is 5.65 Å². The van der Waals surface area contributed by atoms with E-state index in [4.69, 9.17) is 4.98 Å². The molecule has 0 saturated carbocycles. The number of hydrogen-bond acceptors (Lipinski definition) is 1. The highest BCUT2D eigenvalue weighted by atomic mass is 15.0. The van der Waals surface area contributed by atoms with E-state index in [0.29, 0.717) is 0 Å². The molecule has 0 bridgehead atoms. The molecule has 4 heteroatoms. The molecule has 0 aliphatic carbocycles. The monoisotopic (exact) mass is 858 g/mol. The van der Waals surface area contributed by atoms with Crippen molar-refractivity contribution in [2.75, 3.05) is 0 Å². The van der Waals surface area contributed by atoms with Crippen molar-refractivity contribution in [1.29, 1.82) is 0 Å². The number of nitrogens with zero attached hydrogens (tertiary/aromatic N) is 4. The van der Waals surface area contributed by atoms with E-state index in [2.05, 4.69) is 225 Å². The first kappa shape index (κ1) is 37.3. The van der Waals surface area contributed by atoms with Crippen molar-refractivity contribution < 1.29 is 0 Å². The Bertz CT molecular complexity index is 4620. The summed E-state index contributed by atoms with van der Waals surface area (Å²) in [7, 11) is 0. The molecule has 0 unspecified atom stereocenters. The summed E-state index contributed by atoms with van der Waals surface area (Å²) < 4.78 is 7.48. The fraction of sp³-hybridized carbons (Fsp3) is 0.127. The van der Waals surface area contributed by atoms with Gasteiger partial charge in [-0.05, 0) is 122 Å². The minimum absolute atomic E-state index is 0.0856. The van der Waals surface area contributed by atoms with E-state index in [0.717, 1.165) is 11.2 Å². The zero-order valence-corrected chi connectivity index (χ0v) is 38.5. The first-order chi connectivity index (χ1) is 32.5. The quantitative estimate of drug-likeness (QED) is 0.170. The van der Waals surface area contributed by atoms with Crippen LogP contribution in [0, 0.1) is 0 Å². The van der Waals surface area contributed by atoms with Crippen LogP contribution in [0.2, 0.25) is 0 Å². The average molecular weight is 859 g/mol. The molecule has 15 rings (SSSR count). The molecular weight excluding hydrogens is 813 g/mol. The number of fused-ring (bicyclic) bond motifs is 19. The van der Waals surface area contributed by atoms with Gasteiger partial charge in [0.05, 0.1) is 44.8 Å². The van der Waals surface area contributed by atoms with Gasteiger partial charge >= 0.3 is 0 Å². The lowest BCUT2D eigenvalue weighted by molar-refractivity contribution is 0.591. The Hall–Kier alpha value is -7.95. The highest BCUT2D eigenvalue weighted by Gasteiger charge is 2.30. The molecule has 318 valence electrons. The molecular formula is C63H46N4. The van der Waals surface area contributed by atoms with Crippen molar-refractivity contribution >= 4 is 120 Å². The van der Waals surface area contributed by atoms with E-state index in [1.54, 1.807) is 0 Å². The summed E-state index contributed by atoms with van der Waals surface area (Å²) >= 11 is 0. The minimum Gasteiger partial charge on any atom is -0.309 e. The molecule has 15 aromatic rings. The fourth-order valence-corrected chi connectivity index (χ4v) is 12.1. The average Bonchev–Trinajstić information content (AvgIpc) is 4.12. The second kappa shape index (κ2) is 12.5. The Morgan fingerprint density at radius 3 is 1.75 bits per heavy atom. The Kier molecular flexibility index (Phi) is 6.94. The fourth-order valence-electron chi connectivity index (χ4n) is 12.1. The van der Waals surface area contributed by atoms with Crippen molar-refractivity contribution in [3.05, 3.63) is 181 Å². The minimum atomic E-state index is -0.0923. The van der Waals surface area contributed by atoms with Crippen LogP contribution in [0.25, 0.3) is 136 Å². The molecule has 67 heavy (non-hydrogen) atoms. The van der Waals surface area contributed by atoms with Crippen LogP contribution in [-0.4, -0.2) is 18.4 Å². The molecule has 6 heterocycles. The van der Waals surface area contributed by atoms with Gasteiger partial charge in [0, 0.05) is 65.1 Å². The predicted molar refractivity (Wildman–Crippen MR) is 286 cm³/mol. The number of rotatable bonds is 2. The van der Waals surface area contributed by atoms with E-state index in [1.807, 2.05) is 0 Å². The number of pyridine rings is 1. The molecule has 0 fully saturated rings. The van der Waals surface area contributed by atoms with Crippen molar-refractivity contribution in [1.82, 2.24) is 18.4 Å². The zero-order chi connectivity index (χ0) is 44.8. The maximum Gasteiger partial charge on any atom is 0.146 e. The molecule has 0 spiro atoms. The van der Waals surface area contributed by atoms with Gasteiger partial charge in [0.15, 0.2) is 0 Å². The Balaban J connectivity index is 1.14. The normalized spacial score (nSPS) is 13.2. The number of benzene rings is 9. The molecule has 0 atom stereocenters. The summed E-state index contributed by atoms with van der Waals surface area (Å²) in [5.41, 5.74) is 15.6. The van der Waals surface area contributed by atoms with Gasteiger partial charge in [-0.25, -0.2) is 4.98 Å². The first-order valence-corrected chi connectivity index (χ1v) is 23.7. The van der Waals surface area contributed by atoms with Gasteiger partial charge in [0.2, 0.25) is 0 Å². The highest BCUT2D eigenvalue weighted by molar-refractivity contribution is 6.39. The van der Waals surface area contributed by atoms with E-state index < -0.39 is 0 Å². The molecule has 0 saturated heterocycles. The summed E-state index contributed by atoms with van der Waals surface area (Å²) in [5, 5.41) is 17.8. The lowest BCUT2D eigenvalue weighted by atomic mass is 9.83. The Labute approximate surface area is 386 Å². The van der Waals surface area contributed by atoms with E-state index in [-0.39, 0.29) is 10.8 Å². The van der Waals surface area contributed by atoms with Crippen LogP contribution in [0.1, 0.15) is 52.7 Å². The number of para-hydroxylation sites is 2. The van der Waals surface area contributed by atoms with Gasteiger partial charge in [-0.3, -0.25) is 4.40 Å². The van der Waals surface area contributed by atoms with Crippen molar-refractivity contribution in [2.45, 2.75) is 52.4 Å². The molecule has 0 N–H and O–H groups in total. The standard InChI is InChI=1S/C63H46N4/c1-62(2,3)39-30-44(38-24-25-52-45(27-38)43-22-14-15-23-51(43)65(52)41-19-8-7-9-20-41)58-48(31-39)49-32-40(63(4,5)6)33-50-56-57-54(34-64-61(56)67(58)59(49)50)66-53-29-36-17-11-10-16-35(36)26-46(53)47-28-37-18-12-13-21-42(37)55(57)60(47)66/h7-34H,1-6H3. The number of hydrogen-bond donors (Lipinski definition) is 0. The third kappa shape index (κ3) is 4.79. The van der Waals surface area contributed by atoms with Crippen LogP contribution in [0.15, 0.2) is 170 Å². The smallest absolute Gasteiger partial charge is 0.146 e. The topological polar surface area (TPSA) is 26.6 Å². The lowest BCUT2D eigenvalue weighted by Gasteiger charge is -2.22. The summed E-state index contributed by atoms with van der Waals surface area (Å²) in [6.07, 6.45) is 2.18. The third-order valence-electron chi connectivity index (χ3n) is 15.3. The van der Waals surface area contributed by atoms with Gasteiger partial charge in [-0.2, -0.15) is 0 Å². The maximum atomic E-state index is 5.66. The second-order valence-electron chi connectivity index (χ2n) is 21.2. The largest absolute Gasteiger partial charge is 0.309 e. The van der Waals surface area contributed by atoms with E-state index in [9.17, 15) is 0 Å². The summed E-state index contributed by atoms with van der Waals surface area (Å²) in [5.74, 6) is 0. The van der Waals surface area contributed by atoms with Crippen LogP contribution < -0.4 is 0 Å². The van der Waals surface area contributed by atoms with Crippen LogP contribution in [0.5, 0.6) is 0 Å². The van der Waals surface area contributed by atoms with Gasteiger partial charge in [-0.1, -0.05) is 133 Å². The highest BCUT2D eigenvalue weighted by Crippen LogP contribution is 2.51. The Morgan fingerprint density at radius 1 is 0.373 bits per heavy atom. The van der Waals surface area contributed by atoms with Crippen LogP contribution in [0.3, 0.4) is 0 Å². The SMILES string of the molecule is CC(C)(C)c1cc(-c2ccc3c(c2)c2ccccc2n3-c2ccccc2)c2c(c1)c1cc(C(C)(C)C)cc3c4c5c6c7ccccc7cc7c8cc9ccccc9cc8n(c5cnc4n2c13)c76. The van der Waals surface area contributed by atoms with Crippen LogP contribution in [0.4, 0.5) is 0 Å². The first-order valence-electron chi connectivity index (χ1n) is 23.7. The summed E-state index contributed by atoms with van der Waals surface area (Å²) in [4.78, 5) is 5.66. The zero-order valence-electron chi connectivity index (χ0n) is 38.5. The van der Waals surface area contributed by atoms with Gasteiger partial charge in [0.25, 0.3) is 0 Å². The maximum absolute atomic E-state index is 5.66. The molecule has 4 nitrogen and oxygen atoms in total. The van der Waals surface area contributed by atoms with Crippen molar-refractivity contribution in [2.24, 2.45) is 0 Å². The molecule has 6 aromatic heterocycles. The summed E-state index contributed by atoms with van der Waals surface area (Å²) in [6, 6.07) is 61.7. The molecule has 9 aromatic carbocycles. The molecule has 0 amide bonds. The van der Waals surface area contributed by atoms with Gasteiger partial charge in [-0.15, -0.1) is 0 Å². The lowest BCUT2D eigenvalue weighted by Crippen LogP contribution is -2.11. The van der Waals surface area contributed by atoms with Crippen molar-refractivity contribution in [3.8, 4) is 16.8 Å². The molecule has 0 aliphatic heterocycles. The van der Waals surface area contributed by atoms with Crippen LogP contribution in [-0.2, 0) is 10.8 Å².